The minimum Gasteiger partial charge on any atom is -0.456 e. The van der Waals surface area contributed by atoms with Crippen LogP contribution in [0.4, 0.5) is 102 Å². The maximum absolute atomic E-state index is 6.30. The van der Waals surface area contributed by atoms with Gasteiger partial charge in [0.05, 0.1) is 0 Å². The standard InChI is InChI=1S/C42H28N2OS.2C42H28N2S2/c1-4-12-29(13-5-1)43(30-14-6-2-7-15-30)34-21-24-37-38-26-32(22-25-41(38)46-42(37)28-34)44(31-16-8-3-9-17-31)33-20-23-36-35-18-10-11-19-39(35)45-40(36)27-33;1-4-12-29(13-5-1)43(30-14-6-2-7-15-30)32-21-25-41-38(26-32)36-23-20-34(28-42(36)46-41)44(31-16-8-3-9-17-31)33-22-24-40-37(27-33)35-18-10-11-19-39(35)45-40;1-4-12-29(13-5-1)43(30-14-6-2-7-15-30)32-22-25-40-38(26-32)37-24-21-34(28-42(37)46-40)44(31-16-8-3-9-17-31)33-20-23-36-35-18-10-11-19-39(35)45-41(36)27-33/h3*1-28H. The number of hydrogen-bond donors (Lipinski definition) is 0. The zero-order valence-electron chi connectivity index (χ0n) is 74.6. The van der Waals surface area contributed by atoms with E-state index in [4.69, 9.17) is 4.42 Å². The van der Waals surface area contributed by atoms with Gasteiger partial charge in [-0.25, -0.2) is 0 Å². The number of para-hydroxylation sites is 10. The summed E-state index contributed by atoms with van der Waals surface area (Å²) in [7, 11) is 0. The lowest BCUT2D eigenvalue weighted by molar-refractivity contribution is 0.669. The molecule has 0 radical (unpaired) electrons. The number of hydrogen-bond acceptors (Lipinski definition) is 12. The predicted molar refractivity (Wildman–Crippen MR) is 599 cm³/mol. The molecule has 0 unspecified atom stereocenters. The number of anilines is 18. The second kappa shape index (κ2) is 36.3. The fourth-order valence-corrected chi connectivity index (χ4v) is 25.1. The number of rotatable bonds is 18. The third-order valence-electron chi connectivity index (χ3n) is 25.9. The van der Waals surface area contributed by atoms with Crippen molar-refractivity contribution in [3.05, 3.63) is 510 Å². The Balaban J connectivity index is 0.000000110. The summed E-state index contributed by atoms with van der Waals surface area (Å²) in [5.41, 5.74) is 22.2. The number of nitrogens with zero attached hydrogens (tertiary/aromatic N) is 6. The number of furan rings is 1. The van der Waals surface area contributed by atoms with Crippen molar-refractivity contribution in [1.29, 1.82) is 0 Å². The lowest BCUT2D eigenvalue weighted by Crippen LogP contribution is -2.09. The van der Waals surface area contributed by atoms with E-state index in [0.29, 0.717) is 0 Å². The van der Waals surface area contributed by atoms with Gasteiger partial charge in [0.2, 0.25) is 0 Å². The van der Waals surface area contributed by atoms with Crippen molar-refractivity contribution in [2.45, 2.75) is 0 Å². The van der Waals surface area contributed by atoms with Crippen LogP contribution in [0.1, 0.15) is 0 Å². The predicted octanol–water partition coefficient (Wildman–Crippen LogP) is 39.6. The Morgan fingerprint density at radius 3 is 0.565 bits per heavy atom. The van der Waals surface area contributed by atoms with E-state index in [9.17, 15) is 0 Å². The second-order valence-electron chi connectivity index (χ2n) is 34.3. The van der Waals surface area contributed by atoms with Gasteiger partial charge in [0.15, 0.2) is 0 Å². The van der Waals surface area contributed by atoms with Crippen LogP contribution in [0.2, 0.25) is 0 Å². The van der Waals surface area contributed by atoms with Gasteiger partial charge in [-0.2, -0.15) is 0 Å². The maximum atomic E-state index is 6.30. The first-order valence-corrected chi connectivity index (χ1v) is 50.4. The second-order valence-corrected chi connectivity index (χ2v) is 39.7. The minimum atomic E-state index is 0.885. The highest BCUT2D eigenvalue weighted by molar-refractivity contribution is 7.27. The molecule has 12 heteroatoms. The van der Waals surface area contributed by atoms with Crippen LogP contribution >= 0.6 is 56.7 Å². The summed E-state index contributed by atoms with van der Waals surface area (Å²) in [6.45, 7) is 0. The van der Waals surface area contributed by atoms with Gasteiger partial charge in [0, 0.05) is 220 Å². The van der Waals surface area contributed by atoms with E-state index >= 15 is 0 Å². The van der Waals surface area contributed by atoms with Crippen LogP contribution in [0.3, 0.4) is 0 Å². The van der Waals surface area contributed by atoms with E-state index in [2.05, 4.69) is 527 Å². The highest BCUT2D eigenvalue weighted by Gasteiger charge is 2.25. The Morgan fingerprint density at radius 2 is 0.283 bits per heavy atom. The average Bonchev–Trinajstić information content (AvgIpc) is 1.58. The molecule has 27 aromatic rings. The summed E-state index contributed by atoms with van der Waals surface area (Å²) in [5, 5.41) is 15.1. The number of thiophene rings is 5. The van der Waals surface area contributed by atoms with Gasteiger partial charge >= 0.3 is 0 Å². The Labute approximate surface area is 818 Å². The van der Waals surface area contributed by atoms with Gasteiger partial charge in [0.25, 0.3) is 0 Å². The molecule has 0 fully saturated rings. The van der Waals surface area contributed by atoms with E-state index in [0.717, 1.165) is 124 Å². The molecule has 27 rings (SSSR count). The SMILES string of the molecule is c1ccc(N(c2ccc3c(c2)sc2ccc(N(c4ccccc4)c4ccccc4)cc23)c2ccc3sc4ccccc4c3c2)cc1.c1ccc(N(c2ccc3c(c2)sc2ccccc23)c2ccc3c(c2)sc2ccc(N(c4ccccc4)c4ccccc4)cc23)cc1.c1ccc(N(c2ccccc2)c2ccc3c(c2)sc2ccc(N(c4ccccc4)c4ccc5c(c4)oc4ccccc45)cc23)cc1. The first-order valence-electron chi connectivity index (χ1n) is 46.3. The van der Waals surface area contributed by atoms with Crippen molar-refractivity contribution < 1.29 is 4.42 Å². The molecule has 654 valence electrons. The first-order chi connectivity index (χ1) is 68.4. The van der Waals surface area contributed by atoms with E-state index in [1.54, 1.807) is 0 Å². The van der Waals surface area contributed by atoms with Gasteiger partial charge in [-0.15, -0.1) is 56.7 Å². The molecule has 6 aromatic heterocycles. The normalized spacial score (nSPS) is 11.5. The van der Waals surface area contributed by atoms with Crippen LogP contribution < -0.4 is 29.4 Å². The van der Waals surface area contributed by atoms with E-state index in [1.807, 2.05) is 68.8 Å². The van der Waals surface area contributed by atoms with Gasteiger partial charge in [-0.1, -0.05) is 243 Å². The van der Waals surface area contributed by atoms with Crippen LogP contribution in [0, 0.1) is 0 Å². The lowest BCUT2D eigenvalue weighted by atomic mass is 10.1. The molecule has 0 bridgehead atoms. The van der Waals surface area contributed by atoms with E-state index in [-0.39, 0.29) is 0 Å². The van der Waals surface area contributed by atoms with Crippen molar-refractivity contribution in [1.82, 2.24) is 0 Å². The fourth-order valence-electron chi connectivity index (χ4n) is 19.5. The minimum absolute atomic E-state index is 0.885. The van der Waals surface area contributed by atoms with Crippen LogP contribution in [0.5, 0.6) is 0 Å². The van der Waals surface area contributed by atoms with Crippen molar-refractivity contribution in [3.63, 3.8) is 0 Å². The van der Waals surface area contributed by atoms with E-state index < -0.39 is 0 Å². The van der Waals surface area contributed by atoms with Gasteiger partial charge in [-0.3, -0.25) is 0 Å². The molecule has 6 heterocycles. The number of benzene rings is 21. The Kier molecular flexibility index (Phi) is 21.9. The molecule has 0 N–H and O–H groups in total. The molecule has 21 aromatic carbocycles. The summed E-state index contributed by atoms with van der Waals surface area (Å²) < 4.78 is 19.2. The molecular formula is C126H84N6OS5. The molecule has 0 saturated carbocycles. The Hall–Kier alpha value is -16.7. The number of fused-ring (bicyclic) bond motifs is 18. The highest BCUT2D eigenvalue weighted by Crippen LogP contribution is 2.51. The molecule has 138 heavy (non-hydrogen) atoms. The summed E-state index contributed by atoms with van der Waals surface area (Å²) in [4.78, 5) is 14.1. The summed E-state index contributed by atoms with van der Waals surface area (Å²) >= 11 is 9.27. The highest BCUT2D eigenvalue weighted by atomic mass is 32.1. The topological polar surface area (TPSA) is 32.6 Å². The van der Waals surface area contributed by atoms with Crippen LogP contribution in [-0.2, 0) is 0 Å². The maximum Gasteiger partial charge on any atom is 0.137 e. The fraction of sp³-hybridized carbons (Fsp3) is 0. The van der Waals surface area contributed by atoms with Crippen molar-refractivity contribution in [2.75, 3.05) is 29.4 Å². The molecule has 0 amide bonds. The van der Waals surface area contributed by atoms with Gasteiger partial charge < -0.3 is 33.8 Å². The largest absolute Gasteiger partial charge is 0.456 e. The summed E-state index contributed by atoms with van der Waals surface area (Å²) in [5.74, 6) is 0. The molecule has 0 aliphatic carbocycles. The molecule has 7 nitrogen and oxygen atoms in total. The smallest absolute Gasteiger partial charge is 0.137 e. The zero-order chi connectivity index (χ0) is 91.4. The quantitative estimate of drug-likeness (QED) is 0.0846. The molecule has 0 spiro atoms. The Morgan fingerprint density at radius 1 is 0.109 bits per heavy atom. The zero-order valence-corrected chi connectivity index (χ0v) is 78.7. The summed E-state index contributed by atoms with van der Waals surface area (Å²) in [6.07, 6.45) is 0. The van der Waals surface area contributed by atoms with E-state index in [1.165, 1.54) is 101 Å². The molecular weight excluding hydrogens is 1770 g/mol. The van der Waals surface area contributed by atoms with Crippen LogP contribution in [0.15, 0.2) is 514 Å². The third-order valence-corrected chi connectivity index (χ3v) is 31.5. The van der Waals surface area contributed by atoms with Crippen LogP contribution in [0.25, 0.3) is 123 Å². The van der Waals surface area contributed by atoms with Crippen LogP contribution in [-0.4, -0.2) is 0 Å². The molecule has 0 atom stereocenters. The van der Waals surface area contributed by atoms with Gasteiger partial charge in [-0.05, 0) is 261 Å². The van der Waals surface area contributed by atoms with Crippen molar-refractivity contribution >= 4 is 282 Å². The van der Waals surface area contributed by atoms with Crippen molar-refractivity contribution in [3.8, 4) is 0 Å². The van der Waals surface area contributed by atoms with Gasteiger partial charge in [0.1, 0.15) is 11.2 Å². The van der Waals surface area contributed by atoms with Crippen molar-refractivity contribution in [2.24, 2.45) is 0 Å². The first kappa shape index (κ1) is 83.2. The lowest BCUT2D eigenvalue weighted by Gasteiger charge is -2.26. The monoisotopic (exact) mass is 1860 g/mol. The Bertz CT molecular complexity index is 8970. The molecule has 0 aliphatic heterocycles. The summed E-state index contributed by atoms with van der Waals surface area (Å²) in [6, 6.07) is 183. The molecule has 0 saturated heterocycles. The average molecular weight is 1860 g/mol. The molecule has 0 aliphatic rings. The third kappa shape index (κ3) is 15.8.